The summed E-state index contributed by atoms with van der Waals surface area (Å²) in [4.78, 5) is 15.6. The lowest BCUT2D eigenvalue weighted by atomic mass is 10.0. The SMILES string of the molecule is CCCN(CCCCO)C(C)C(OC(=O)c1cc(OC)c(OC)c(OC)c1)c1ccc(O)cc1. The highest BCUT2D eigenvalue weighted by molar-refractivity contribution is 5.91. The van der Waals surface area contributed by atoms with Crippen LogP contribution in [0.15, 0.2) is 36.4 Å². The van der Waals surface area contributed by atoms with Crippen molar-refractivity contribution < 1.29 is 34.0 Å². The quantitative estimate of drug-likeness (QED) is 0.310. The van der Waals surface area contributed by atoms with E-state index in [1.54, 1.807) is 36.4 Å². The Morgan fingerprint density at radius 2 is 1.59 bits per heavy atom. The molecule has 34 heavy (non-hydrogen) atoms. The maximum absolute atomic E-state index is 13.3. The number of esters is 1. The first-order valence-electron chi connectivity index (χ1n) is 11.5. The molecule has 0 fully saturated rings. The van der Waals surface area contributed by atoms with Crippen LogP contribution in [0.2, 0.25) is 0 Å². The third-order valence-electron chi connectivity index (χ3n) is 5.73. The Morgan fingerprint density at radius 1 is 0.971 bits per heavy atom. The minimum absolute atomic E-state index is 0.138. The van der Waals surface area contributed by atoms with Gasteiger partial charge in [-0.1, -0.05) is 19.1 Å². The molecule has 0 aliphatic heterocycles. The smallest absolute Gasteiger partial charge is 0.339 e. The number of phenolic OH excluding ortho intramolecular Hbond substituents is 1. The molecule has 0 aromatic heterocycles. The van der Waals surface area contributed by atoms with E-state index < -0.39 is 12.1 Å². The molecule has 0 amide bonds. The predicted molar refractivity (Wildman–Crippen MR) is 130 cm³/mol. The number of benzene rings is 2. The molecule has 2 aromatic rings. The van der Waals surface area contributed by atoms with Crippen LogP contribution in [-0.2, 0) is 4.74 Å². The summed E-state index contributed by atoms with van der Waals surface area (Å²) in [5.74, 6) is 0.720. The van der Waals surface area contributed by atoms with Gasteiger partial charge >= 0.3 is 5.97 Å². The molecule has 2 N–H and O–H groups in total. The Morgan fingerprint density at radius 3 is 2.09 bits per heavy atom. The van der Waals surface area contributed by atoms with Gasteiger partial charge in [-0.15, -0.1) is 0 Å². The number of hydrogen-bond donors (Lipinski definition) is 2. The summed E-state index contributed by atoms with van der Waals surface area (Å²) >= 11 is 0. The Balaban J connectivity index is 2.40. The van der Waals surface area contributed by atoms with Gasteiger partial charge in [0.05, 0.1) is 26.9 Å². The van der Waals surface area contributed by atoms with Gasteiger partial charge in [-0.3, -0.25) is 4.90 Å². The van der Waals surface area contributed by atoms with Crippen LogP contribution in [0.3, 0.4) is 0 Å². The molecular weight excluding hydrogens is 438 g/mol. The number of unbranched alkanes of at least 4 members (excludes halogenated alkanes) is 1. The van der Waals surface area contributed by atoms with E-state index in [1.807, 2.05) is 6.92 Å². The van der Waals surface area contributed by atoms with E-state index in [2.05, 4.69) is 11.8 Å². The largest absolute Gasteiger partial charge is 0.508 e. The van der Waals surface area contributed by atoms with Gasteiger partial charge in [0, 0.05) is 12.6 Å². The second-order valence-electron chi connectivity index (χ2n) is 8.04. The normalized spacial score (nSPS) is 12.8. The molecule has 0 saturated heterocycles. The summed E-state index contributed by atoms with van der Waals surface area (Å²) in [7, 11) is 4.48. The average Bonchev–Trinajstić information content (AvgIpc) is 2.85. The fraction of sp³-hybridized carbons (Fsp3) is 0.500. The van der Waals surface area contributed by atoms with Crippen LogP contribution >= 0.6 is 0 Å². The number of nitrogens with zero attached hydrogens (tertiary/aromatic N) is 1. The number of phenols is 1. The van der Waals surface area contributed by atoms with Crippen LogP contribution in [0.25, 0.3) is 0 Å². The molecule has 0 aliphatic carbocycles. The third kappa shape index (κ3) is 7.01. The number of aliphatic hydroxyl groups excluding tert-OH is 1. The molecule has 2 atom stereocenters. The van der Waals surface area contributed by atoms with Crippen LogP contribution in [0.1, 0.15) is 55.1 Å². The van der Waals surface area contributed by atoms with Crippen LogP contribution in [0.5, 0.6) is 23.0 Å². The van der Waals surface area contributed by atoms with E-state index >= 15 is 0 Å². The van der Waals surface area contributed by atoms with E-state index in [0.717, 1.165) is 31.5 Å². The highest BCUT2D eigenvalue weighted by atomic mass is 16.5. The second kappa shape index (κ2) is 13.7. The van der Waals surface area contributed by atoms with E-state index in [-0.39, 0.29) is 24.0 Å². The molecule has 0 spiro atoms. The molecule has 0 aliphatic rings. The van der Waals surface area contributed by atoms with E-state index in [1.165, 1.54) is 21.3 Å². The minimum Gasteiger partial charge on any atom is -0.508 e. The van der Waals surface area contributed by atoms with Crippen molar-refractivity contribution in [2.45, 2.75) is 45.3 Å². The van der Waals surface area contributed by atoms with Crippen molar-refractivity contribution >= 4 is 5.97 Å². The Hall–Kier alpha value is -2.97. The highest BCUT2D eigenvalue weighted by Gasteiger charge is 2.29. The van der Waals surface area contributed by atoms with Gasteiger partial charge in [-0.2, -0.15) is 0 Å². The van der Waals surface area contributed by atoms with Crippen molar-refractivity contribution in [2.24, 2.45) is 0 Å². The molecular formula is C26H37NO7. The molecule has 8 heteroatoms. The number of aliphatic hydroxyl groups is 1. The minimum atomic E-state index is -0.590. The van der Waals surface area contributed by atoms with Crippen molar-refractivity contribution in [3.05, 3.63) is 47.5 Å². The molecule has 2 aromatic carbocycles. The van der Waals surface area contributed by atoms with Crippen molar-refractivity contribution in [1.29, 1.82) is 0 Å². The average molecular weight is 476 g/mol. The van der Waals surface area contributed by atoms with Crippen molar-refractivity contribution in [3.63, 3.8) is 0 Å². The predicted octanol–water partition coefficient (Wildman–Crippen LogP) is 4.19. The van der Waals surface area contributed by atoms with E-state index in [0.29, 0.717) is 23.7 Å². The topological polar surface area (TPSA) is 97.7 Å². The van der Waals surface area contributed by atoms with Gasteiger partial charge in [-0.05, 0) is 69.1 Å². The zero-order valence-corrected chi connectivity index (χ0v) is 20.7. The Bertz CT molecular complexity index is 876. The van der Waals surface area contributed by atoms with Gasteiger partial charge in [-0.25, -0.2) is 4.79 Å². The lowest BCUT2D eigenvalue weighted by Gasteiger charge is -2.34. The molecule has 2 rings (SSSR count). The monoisotopic (exact) mass is 475 g/mol. The maximum atomic E-state index is 13.3. The molecule has 0 saturated carbocycles. The molecule has 0 heterocycles. The lowest BCUT2D eigenvalue weighted by molar-refractivity contribution is 0.0000407. The summed E-state index contributed by atoms with van der Waals surface area (Å²) < 4.78 is 22.2. The molecule has 188 valence electrons. The zero-order chi connectivity index (χ0) is 25.1. The van der Waals surface area contributed by atoms with Gasteiger partial charge in [0.1, 0.15) is 11.9 Å². The Labute approximate surface area is 202 Å². The fourth-order valence-corrected chi connectivity index (χ4v) is 3.92. The summed E-state index contributed by atoms with van der Waals surface area (Å²) in [6, 6.07) is 9.67. The number of carbonyl (C=O) groups is 1. The molecule has 8 nitrogen and oxygen atoms in total. The Kier molecular flexibility index (Phi) is 11.0. The van der Waals surface area contributed by atoms with Crippen molar-refractivity contribution in [1.82, 2.24) is 4.90 Å². The zero-order valence-electron chi connectivity index (χ0n) is 20.7. The van der Waals surface area contributed by atoms with Crippen LogP contribution in [0, 0.1) is 0 Å². The second-order valence-corrected chi connectivity index (χ2v) is 8.04. The van der Waals surface area contributed by atoms with Gasteiger partial charge < -0.3 is 29.2 Å². The highest BCUT2D eigenvalue weighted by Crippen LogP contribution is 2.39. The van der Waals surface area contributed by atoms with Crippen LogP contribution in [0.4, 0.5) is 0 Å². The number of carbonyl (C=O) groups excluding carboxylic acids is 1. The summed E-state index contributed by atoms with van der Waals surface area (Å²) in [5, 5.41) is 18.9. The first-order valence-corrected chi connectivity index (χ1v) is 11.5. The number of hydrogen-bond acceptors (Lipinski definition) is 8. The van der Waals surface area contributed by atoms with Crippen LogP contribution in [-0.4, -0.2) is 68.1 Å². The van der Waals surface area contributed by atoms with Crippen molar-refractivity contribution in [2.75, 3.05) is 41.0 Å². The lowest BCUT2D eigenvalue weighted by Crippen LogP contribution is -2.40. The number of ether oxygens (including phenoxy) is 4. The number of aromatic hydroxyl groups is 1. The summed E-state index contributed by atoms with van der Waals surface area (Å²) in [5.41, 5.74) is 1.04. The fourth-order valence-electron chi connectivity index (χ4n) is 3.92. The van der Waals surface area contributed by atoms with E-state index in [4.69, 9.17) is 18.9 Å². The van der Waals surface area contributed by atoms with E-state index in [9.17, 15) is 15.0 Å². The first kappa shape index (κ1) is 27.3. The van der Waals surface area contributed by atoms with Gasteiger partial charge in [0.25, 0.3) is 0 Å². The standard InChI is InChI=1S/C26H37NO7/c1-6-13-27(14-7-8-15-28)18(2)24(19-9-11-21(29)12-10-19)34-26(30)20-16-22(31-3)25(33-5)23(17-20)32-4/h9-12,16-18,24,28-29H,6-8,13-15H2,1-5H3. The first-order chi connectivity index (χ1) is 16.4. The summed E-state index contributed by atoms with van der Waals surface area (Å²) in [6.45, 7) is 5.86. The summed E-state index contributed by atoms with van der Waals surface area (Å²) in [6.07, 6.45) is 1.89. The van der Waals surface area contributed by atoms with Crippen LogP contribution < -0.4 is 14.2 Å². The maximum Gasteiger partial charge on any atom is 0.339 e. The number of methoxy groups -OCH3 is 3. The molecule has 2 unspecified atom stereocenters. The number of rotatable bonds is 14. The molecule has 0 radical (unpaired) electrons. The third-order valence-corrected chi connectivity index (χ3v) is 5.73. The molecule has 0 bridgehead atoms. The van der Waals surface area contributed by atoms with Gasteiger partial charge in [0.2, 0.25) is 5.75 Å². The van der Waals surface area contributed by atoms with Crippen molar-refractivity contribution in [3.8, 4) is 23.0 Å². The van der Waals surface area contributed by atoms with Gasteiger partial charge in [0.15, 0.2) is 11.5 Å².